The second kappa shape index (κ2) is 6.56. The van der Waals surface area contributed by atoms with Gasteiger partial charge in [-0.05, 0) is 30.7 Å². The number of aromatic amines is 1. The van der Waals surface area contributed by atoms with E-state index < -0.39 is 10.0 Å². The van der Waals surface area contributed by atoms with Crippen LogP contribution in [0.3, 0.4) is 0 Å². The van der Waals surface area contributed by atoms with Crippen molar-refractivity contribution in [3.63, 3.8) is 0 Å². The molecule has 25 heavy (non-hydrogen) atoms. The van der Waals surface area contributed by atoms with Crippen LogP contribution in [0.5, 0.6) is 0 Å². The molecule has 8 heteroatoms. The fourth-order valence-corrected chi connectivity index (χ4v) is 3.16. The Bertz CT molecular complexity index is 1030. The van der Waals surface area contributed by atoms with E-state index in [2.05, 4.69) is 20.2 Å². The van der Waals surface area contributed by atoms with E-state index in [0.717, 1.165) is 17.2 Å². The normalized spacial score (nSPS) is 12.7. The molecule has 0 spiro atoms. The van der Waals surface area contributed by atoms with E-state index in [-0.39, 0.29) is 11.9 Å². The van der Waals surface area contributed by atoms with Gasteiger partial charge in [-0.3, -0.25) is 14.6 Å². The summed E-state index contributed by atoms with van der Waals surface area (Å²) < 4.78 is 25.1. The van der Waals surface area contributed by atoms with Crippen molar-refractivity contribution in [2.24, 2.45) is 0 Å². The van der Waals surface area contributed by atoms with Crippen LogP contribution in [0.4, 0.5) is 5.69 Å². The highest BCUT2D eigenvalue weighted by Crippen LogP contribution is 2.20. The number of hydrogen-bond donors (Lipinski definition) is 3. The molecule has 3 N–H and O–H groups in total. The highest BCUT2D eigenvalue weighted by molar-refractivity contribution is 7.92. The molecule has 3 aromatic rings. The van der Waals surface area contributed by atoms with Gasteiger partial charge in [0.2, 0.25) is 10.0 Å². The minimum absolute atomic E-state index is 0.233. The third-order valence-corrected chi connectivity index (χ3v) is 4.37. The second-order valence-corrected chi connectivity index (χ2v) is 7.58. The third kappa shape index (κ3) is 3.97. The Morgan fingerprint density at radius 2 is 1.96 bits per heavy atom. The van der Waals surface area contributed by atoms with E-state index >= 15 is 0 Å². The van der Waals surface area contributed by atoms with E-state index in [9.17, 15) is 13.2 Å². The first kappa shape index (κ1) is 17.0. The van der Waals surface area contributed by atoms with Gasteiger partial charge in [-0.1, -0.05) is 24.3 Å². The number of amides is 1. The molecule has 1 unspecified atom stereocenters. The van der Waals surface area contributed by atoms with E-state index in [4.69, 9.17) is 0 Å². The Morgan fingerprint density at radius 3 is 2.72 bits per heavy atom. The zero-order valence-electron chi connectivity index (χ0n) is 13.8. The molecule has 0 saturated carbocycles. The number of nitrogens with one attached hydrogen (secondary N) is 3. The number of fused-ring (bicyclic) bond motifs is 1. The van der Waals surface area contributed by atoms with Crippen molar-refractivity contribution in [2.75, 3.05) is 11.0 Å². The first-order valence-electron chi connectivity index (χ1n) is 7.64. The maximum Gasteiger partial charge on any atom is 0.253 e. The van der Waals surface area contributed by atoms with E-state index in [1.165, 1.54) is 0 Å². The van der Waals surface area contributed by atoms with Gasteiger partial charge in [0, 0.05) is 11.1 Å². The second-order valence-electron chi connectivity index (χ2n) is 5.83. The van der Waals surface area contributed by atoms with Gasteiger partial charge in [0.05, 0.1) is 29.6 Å². The Labute approximate surface area is 145 Å². The van der Waals surface area contributed by atoms with Crippen LogP contribution in [0.1, 0.15) is 28.9 Å². The van der Waals surface area contributed by atoms with Crippen molar-refractivity contribution >= 4 is 32.5 Å². The molecule has 1 heterocycles. The Kier molecular flexibility index (Phi) is 4.45. The number of carbonyl (C=O) groups is 1. The van der Waals surface area contributed by atoms with Gasteiger partial charge >= 0.3 is 0 Å². The van der Waals surface area contributed by atoms with Crippen molar-refractivity contribution in [1.29, 1.82) is 0 Å². The van der Waals surface area contributed by atoms with Crippen molar-refractivity contribution in [3.8, 4) is 0 Å². The van der Waals surface area contributed by atoms with E-state index in [0.29, 0.717) is 16.8 Å². The van der Waals surface area contributed by atoms with Gasteiger partial charge in [0.15, 0.2) is 0 Å². The summed E-state index contributed by atoms with van der Waals surface area (Å²) in [5, 5.41) is 10.6. The van der Waals surface area contributed by atoms with Crippen LogP contribution in [0.25, 0.3) is 10.9 Å². The summed E-state index contributed by atoms with van der Waals surface area (Å²) in [6, 6.07) is 12.0. The molecule has 0 saturated heterocycles. The molecule has 0 radical (unpaired) electrons. The predicted molar refractivity (Wildman–Crippen MR) is 96.9 cm³/mol. The number of benzene rings is 2. The van der Waals surface area contributed by atoms with Crippen LogP contribution in [0.2, 0.25) is 0 Å². The molecule has 1 aromatic heterocycles. The van der Waals surface area contributed by atoms with Crippen molar-refractivity contribution in [3.05, 3.63) is 59.8 Å². The maximum absolute atomic E-state index is 12.6. The summed E-state index contributed by atoms with van der Waals surface area (Å²) >= 11 is 0. The molecule has 130 valence electrons. The standard InChI is InChI=1S/C17H18N4O3S/c1-11(12-5-3-7-14(9-12)21-25(2,23)24)19-17(22)15-8-4-6-13-10-18-20-16(13)15/h3-11,21H,1-2H3,(H,18,20)(H,19,22). The van der Waals surface area contributed by atoms with Gasteiger partial charge in [0.1, 0.15) is 0 Å². The molecule has 0 aliphatic heterocycles. The minimum Gasteiger partial charge on any atom is -0.345 e. The zero-order valence-corrected chi connectivity index (χ0v) is 14.6. The number of hydrogen-bond acceptors (Lipinski definition) is 4. The van der Waals surface area contributed by atoms with Gasteiger partial charge in [0.25, 0.3) is 5.91 Å². The monoisotopic (exact) mass is 358 g/mol. The van der Waals surface area contributed by atoms with Crippen LogP contribution in [0, 0.1) is 0 Å². The summed E-state index contributed by atoms with van der Waals surface area (Å²) in [4.78, 5) is 12.6. The summed E-state index contributed by atoms with van der Waals surface area (Å²) in [6.07, 6.45) is 2.76. The van der Waals surface area contributed by atoms with Crippen LogP contribution >= 0.6 is 0 Å². The molecule has 7 nitrogen and oxygen atoms in total. The fraction of sp³-hybridized carbons (Fsp3) is 0.176. The molecular formula is C17H18N4O3S. The summed E-state index contributed by atoms with van der Waals surface area (Å²) in [6.45, 7) is 1.84. The number of anilines is 1. The lowest BCUT2D eigenvalue weighted by Crippen LogP contribution is -2.27. The van der Waals surface area contributed by atoms with Crippen LogP contribution < -0.4 is 10.0 Å². The molecule has 0 aliphatic carbocycles. The van der Waals surface area contributed by atoms with Gasteiger partial charge in [-0.25, -0.2) is 8.42 Å². The van der Waals surface area contributed by atoms with Gasteiger partial charge in [-0.15, -0.1) is 0 Å². The lowest BCUT2D eigenvalue weighted by molar-refractivity contribution is 0.0941. The Morgan fingerprint density at radius 1 is 1.20 bits per heavy atom. The molecule has 0 bridgehead atoms. The summed E-state index contributed by atoms with van der Waals surface area (Å²) in [5.41, 5.74) is 2.43. The Hall–Kier alpha value is -2.87. The summed E-state index contributed by atoms with van der Waals surface area (Å²) in [5.74, 6) is -0.233. The van der Waals surface area contributed by atoms with E-state index in [1.54, 1.807) is 36.5 Å². The van der Waals surface area contributed by atoms with Crippen molar-refractivity contribution in [2.45, 2.75) is 13.0 Å². The topological polar surface area (TPSA) is 104 Å². The molecule has 1 atom stereocenters. The first-order valence-corrected chi connectivity index (χ1v) is 9.53. The average molecular weight is 358 g/mol. The van der Waals surface area contributed by atoms with Crippen LogP contribution in [0.15, 0.2) is 48.7 Å². The highest BCUT2D eigenvalue weighted by Gasteiger charge is 2.15. The predicted octanol–water partition coefficient (Wildman–Crippen LogP) is 2.43. The number of rotatable bonds is 5. The summed E-state index contributed by atoms with van der Waals surface area (Å²) in [7, 11) is -3.35. The fourth-order valence-electron chi connectivity index (χ4n) is 2.60. The quantitative estimate of drug-likeness (QED) is 0.651. The van der Waals surface area contributed by atoms with Crippen molar-refractivity contribution < 1.29 is 13.2 Å². The van der Waals surface area contributed by atoms with Crippen LogP contribution in [-0.4, -0.2) is 30.8 Å². The van der Waals surface area contributed by atoms with Gasteiger partial charge in [-0.2, -0.15) is 5.10 Å². The maximum atomic E-state index is 12.6. The highest BCUT2D eigenvalue weighted by atomic mass is 32.2. The number of nitrogens with zero attached hydrogens (tertiary/aromatic N) is 1. The lowest BCUT2D eigenvalue weighted by Gasteiger charge is -2.16. The smallest absolute Gasteiger partial charge is 0.253 e. The SMILES string of the molecule is CC(NC(=O)c1cccc2cn[nH]c12)c1cccc(NS(C)(=O)=O)c1. The van der Waals surface area contributed by atoms with Gasteiger partial charge < -0.3 is 5.32 Å². The molecule has 1 amide bonds. The largest absolute Gasteiger partial charge is 0.345 e. The number of H-pyrrole nitrogens is 1. The Balaban J connectivity index is 1.80. The molecular weight excluding hydrogens is 340 g/mol. The van der Waals surface area contributed by atoms with Crippen LogP contribution in [-0.2, 0) is 10.0 Å². The molecule has 3 rings (SSSR count). The lowest BCUT2D eigenvalue weighted by atomic mass is 10.1. The number of carbonyl (C=O) groups excluding carboxylic acids is 1. The van der Waals surface area contributed by atoms with Crippen molar-refractivity contribution in [1.82, 2.24) is 15.5 Å². The first-order chi connectivity index (χ1) is 11.8. The number of para-hydroxylation sites is 1. The third-order valence-electron chi connectivity index (χ3n) is 3.76. The molecule has 2 aromatic carbocycles. The number of sulfonamides is 1. The van der Waals surface area contributed by atoms with E-state index in [1.807, 2.05) is 19.1 Å². The average Bonchev–Trinajstić information content (AvgIpc) is 3.01. The molecule has 0 aliphatic rings. The minimum atomic E-state index is -3.35. The number of aromatic nitrogens is 2. The zero-order chi connectivity index (χ0) is 18.0. The molecule has 0 fully saturated rings.